The van der Waals surface area contributed by atoms with E-state index in [-0.39, 0.29) is 5.91 Å². The van der Waals surface area contributed by atoms with Crippen molar-refractivity contribution in [3.05, 3.63) is 77.7 Å². The molecule has 1 N–H and O–H groups in total. The van der Waals surface area contributed by atoms with E-state index in [1.165, 1.54) is 0 Å². The second-order valence-corrected chi connectivity index (χ2v) is 4.90. The van der Waals surface area contributed by atoms with Crippen molar-refractivity contribution in [3.8, 4) is 17.5 Å². The van der Waals surface area contributed by atoms with Gasteiger partial charge < -0.3 is 9.73 Å². The number of nitriles is 1. The molecule has 3 aromatic rings. The van der Waals surface area contributed by atoms with Gasteiger partial charge in [-0.1, -0.05) is 6.07 Å². The Morgan fingerprint density at radius 2 is 2.00 bits per heavy atom. The quantitative estimate of drug-likeness (QED) is 0.803. The molecule has 0 saturated heterocycles. The van der Waals surface area contributed by atoms with Crippen LogP contribution in [0, 0.1) is 11.3 Å². The minimum Gasteiger partial charge on any atom is -0.463 e. The highest BCUT2D eigenvalue weighted by Crippen LogP contribution is 2.17. The first kappa shape index (κ1) is 14.5. The number of nitrogens with zero attached hydrogens (tertiary/aromatic N) is 2. The molecule has 0 aliphatic rings. The Kier molecular flexibility index (Phi) is 4.16. The van der Waals surface area contributed by atoms with Crippen molar-refractivity contribution in [2.75, 3.05) is 0 Å². The number of hydrogen-bond acceptors (Lipinski definition) is 4. The molecule has 1 amide bonds. The van der Waals surface area contributed by atoms with E-state index in [1.54, 1.807) is 36.7 Å². The molecule has 0 spiro atoms. The van der Waals surface area contributed by atoms with Crippen LogP contribution in [-0.4, -0.2) is 10.9 Å². The molecule has 1 aromatic carbocycles. The standard InChI is InChI=1S/C18H13N3O2/c19-10-13-3-6-15(7-4-13)18(22)21-12-14-5-8-16(20-11-14)17-2-1-9-23-17/h1-9,11H,12H2,(H,21,22). The van der Waals surface area contributed by atoms with Gasteiger partial charge in [-0.15, -0.1) is 0 Å². The SMILES string of the molecule is N#Cc1ccc(C(=O)NCc2ccc(-c3ccco3)nc2)cc1. The zero-order valence-electron chi connectivity index (χ0n) is 12.2. The molecule has 0 saturated carbocycles. The van der Waals surface area contributed by atoms with Crippen LogP contribution in [0.2, 0.25) is 0 Å². The number of benzene rings is 1. The van der Waals surface area contributed by atoms with Crippen LogP contribution in [0.25, 0.3) is 11.5 Å². The third-order valence-electron chi connectivity index (χ3n) is 3.33. The molecule has 2 heterocycles. The molecular formula is C18H13N3O2. The number of aromatic nitrogens is 1. The number of furan rings is 1. The fraction of sp³-hybridized carbons (Fsp3) is 0.0556. The Labute approximate surface area is 133 Å². The molecule has 5 heteroatoms. The van der Waals surface area contributed by atoms with Crippen molar-refractivity contribution in [3.63, 3.8) is 0 Å². The molecular weight excluding hydrogens is 290 g/mol. The number of amides is 1. The van der Waals surface area contributed by atoms with E-state index in [9.17, 15) is 4.79 Å². The van der Waals surface area contributed by atoms with Crippen molar-refractivity contribution in [2.45, 2.75) is 6.54 Å². The number of hydrogen-bond donors (Lipinski definition) is 1. The lowest BCUT2D eigenvalue weighted by atomic mass is 10.1. The first-order valence-corrected chi connectivity index (χ1v) is 7.03. The summed E-state index contributed by atoms with van der Waals surface area (Å²) in [6, 6.07) is 15.9. The molecule has 0 bridgehead atoms. The van der Waals surface area contributed by atoms with Crippen LogP contribution in [0.15, 0.2) is 65.4 Å². The molecule has 0 fully saturated rings. The minimum atomic E-state index is -0.190. The zero-order chi connectivity index (χ0) is 16.1. The predicted octanol–water partition coefficient (Wildman–Crippen LogP) is 3.14. The molecule has 0 unspecified atom stereocenters. The van der Waals surface area contributed by atoms with Gasteiger partial charge in [-0.05, 0) is 48.0 Å². The summed E-state index contributed by atoms with van der Waals surface area (Å²) in [4.78, 5) is 16.4. The fourth-order valence-electron chi connectivity index (χ4n) is 2.08. The van der Waals surface area contributed by atoms with Crippen molar-refractivity contribution in [2.24, 2.45) is 0 Å². The highest BCUT2D eigenvalue weighted by molar-refractivity contribution is 5.94. The lowest BCUT2D eigenvalue weighted by Crippen LogP contribution is -2.22. The van der Waals surface area contributed by atoms with Crippen LogP contribution >= 0.6 is 0 Å². The lowest BCUT2D eigenvalue weighted by Gasteiger charge is -2.06. The third-order valence-corrected chi connectivity index (χ3v) is 3.33. The van der Waals surface area contributed by atoms with Gasteiger partial charge in [0.1, 0.15) is 5.69 Å². The van der Waals surface area contributed by atoms with Gasteiger partial charge in [0.05, 0.1) is 17.9 Å². The van der Waals surface area contributed by atoms with Gasteiger partial charge in [0.15, 0.2) is 5.76 Å². The minimum absolute atomic E-state index is 0.190. The van der Waals surface area contributed by atoms with Crippen LogP contribution in [0.5, 0.6) is 0 Å². The average Bonchev–Trinajstić information content (AvgIpc) is 3.15. The van der Waals surface area contributed by atoms with E-state index in [1.807, 2.05) is 30.3 Å². The normalized spacial score (nSPS) is 10.0. The monoisotopic (exact) mass is 303 g/mol. The lowest BCUT2D eigenvalue weighted by molar-refractivity contribution is 0.0951. The maximum absolute atomic E-state index is 12.0. The van der Waals surface area contributed by atoms with Gasteiger partial charge in [0.2, 0.25) is 0 Å². The maximum atomic E-state index is 12.0. The zero-order valence-corrected chi connectivity index (χ0v) is 12.2. The van der Waals surface area contributed by atoms with Gasteiger partial charge in [-0.2, -0.15) is 5.26 Å². The molecule has 0 atom stereocenters. The summed E-state index contributed by atoms with van der Waals surface area (Å²) in [7, 11) is 0. The number of carbonyl (C=O) groups excluding carboxylic acids is 1. The molecule has 0 radical (unpaired) electrons. The smallest absolute Gasteiger partial charge is 0.251 e. The van der Waals surface area contributed by atoms with E-state index < -0.39 is 0 Å². The van der Waals surface area contributed by atoms with E-state index in [0.717, 1.165) is 11.3 Å². The number of carbonyl (C=O) groups is 1. The summed E-state index contributed by atoms with van der Waals surface area (Å²) in [6.07, 6.45) is 3.31. The number of pyridine rings is 1. The Bertz CT molecular complexity index is 829. The number of rotatable bonds is 4. The first-order valence-electron chi connectivity index (χ1n) is 7.03. The molecule has 0 aliphatic carbocycles. The van der Waals surface area contributed by atoms with Crippen LogP contribution in [0.1, 0.15) is 21.5 Å². The topological polar surface area (TPSA) is 78.9 Å². The fourth-order valence-corrected chi connectivity index (χ4v) is 2.08. The average molecular weight is 303 g/mol. The molecule has 112 valence electrons. The van der Waals surface area contributed by atoms with Crippen LogP contribution in [0.3, 0.4) is 0 Å². The maximum Gasteiger partial charge on any atom is 0.251 e. The van der Waals surface area contributed by atoms with E-state index in [2.05, 4.69) is 10.3 Å². The Balaban J connectivity index is 1.61. The second-order valence-electron chi connectivity index (χ2n) is 4.90. The van der Waals surface area contributed by atoms with E-state index >= 15 is 0 Å². The predicted molar refractivity (Wildman–Crippen MR) is 84.3 cm³/mol. The summed E-state index contributed by atoms with van der Waals surface area (Å²) < 4.78 is 5.28. The highest BCUT2D eigenvalue weighted by Gasteiger charge is 2.06. The molecule has 23 heavy (non-hydrogen) atoms. The molecule has 2 aromatic heterocycles. The van der Waals surface area contributed by atoms with Crippen LogP contribution < -0.4 is 5.32 Å². The van der Waals surface area contributed by atoms with Crippen molar-refractivity contribution in [1.82, 2.24) is 10.3 Å². The first-order chi connectivity index (χ1) is 11.3. The third kappa shape index (κ3) is 3.44. The van der Waals surface area contributed by atoms with E-state index in [0.29, 0.717) is 23.4 Å². The van der Waals surface area contributed by atoms with Gasteiger partial charge in [0.25, 0.3) is 5.91 Å². The van der Waals surface area contributed by atoms with Crippen molar-refractivity contribution in [1.29, 1.82) is 5.26 Å². The van der Waals surface area contributed by atoms with Crippen molar-refractivity contribution >= 4 is 5.91 Å². The second kappa shape index (κ2) is 6.58. The summed E-state index contributed by atoms with van der Waals surface area (Å²) in [5.41, 5.74) is 2.68. The van der Waals surface area contributed by atoms with Gasteiger partial charge in [0, 0.05) is 18.3 Å². The number of nitrogens with one attached hydrogen (secondary N) is 1. The summed E-state index contributed by atoms with van der Waals surface area (Å²) >= 11 is 0. The summed E-state index contributed by atoms with van der Waals surface area (Å²) in [6.45, 7) is 0.379. The van der Waals surface area contributed by atoms with Crippen molar-refractivity contribution < 1.29 is 9.21 Å². The van der Waals surface area contributed by atoms with Gasteiger partial charge in [-0.3, -0.25) is 9.78 Å². The summed E-state index contributed by atoms with van der Waals surface area (Å²) in [5.74, 6) is 0.516. The van der Waals surface area contributed by atoms with Gasteiger partial charge in [-0.25, -0.2) is 0 Å². The summed E-state index contributed by atoms with van der Waals surface area (Å²) in [5, 5.41) is 11.6. The van der Waals surface area contributed by atoms with E-state index in [4.69, 9.17) is 9.68 Å². The highest BCUT2D eigenvalue weighted by atomic mass is 16.3. The largest absolute Gasteiger partial charge is 0.463 e. The van der Waals surface area contributed by atoms with Crippen LogP contribution in [0.4, 0.5) is 0 Å². The molecule has 5 nitrogen and oxygen atoms in total. The molecule has 3 rings (SSSR count). The van der Waals surface area contributed by atoms with Gasteiger partial charge >= 0.3 is 0 Å². The molecule has 0 aliphatic heterocycles. The Morgan fingerprint density at radius 3 is 2.61 bits per heavy atom. The Hall–Kier alpha value is -3.39. The van der Waals surface area contributed by atoms with Crippen LogP contribution in [-0.2, 0) is 6.54 Å². The Morgan fingerprint density at radius 1 is 1.17 bits per heavy atom.